The van der Waals surface area contributed by atoms with Gasteiger partial charge >= 0.3 is 0 Å². The Hall–Kier alpha value is -6.66. The molecule has 4 fully saturated rings. The van der Waals surface area contributed by atoms with Crippen LogP contribution in [0.25, 0.3) is 22.5 Å². The van der Waals surface area contributed by atoms with Crippen LogP contribution >= 0.6 is 22.7 Å². The first-order valence-corrected chi connectivity index (χ1v) is 31.8. The van der Waals surface area contributed by atoms with E-state index in [0.717, 1.165) is 98.0 Å². The number of amides is 8. The summed E-state index contributed by atoms with van der Waals surface area (Å²) in [4.78, 5) is 125. The Morgan fingerprint density at radius 2 is 0.929 bits per heavy atom. The monoisotopic (exact) mass is 1190 g/mol. The van der Waals surface area contributed by atoms with Gasteiger partial charge in [0.15, 0.2) is 10.0 Å². The topological polar surface area (TPSA) is 268 Å². The average Bonchev–Trinajstić information content (AvgIpc) is 4.28. The van der Waals surface area contributed by atoms with Crippen LogP contribution in [0.2, 0.25) is 0 Å². The molecule has 2 saturated carbocycles. The number of nitrogens with zero attached hydrogens (tertiary/aromatic N) is 5. The molecular formula is C61H85N13O8S2. The number of nitrogens with one attached hydrogen (secondary N) is 8. The van der Waals surface area contributed by atoms with E-state index in [1.165, 1.54) is 0 Å². The standard InChI is InChI=1S/C61H85N13O8S2/c1-38(62-3)50(75)66-48(42-26-14-8-15-27-42)60(81)73-36-18-30-44(73)52(77)70-56-46(40-22-10-6-11-23-40)68-58(83-56)54(79)64-32-20-34-72(5)35-21-33-65-55(80)59-69-47(41-24-12-7-13-25-41)57(84-59)71-53(78)45-31-19-37-74(45)61(82)49(43-28-16-9-17-29-43)67-51(76)39(2)63-4/h6-7,10-13,22-25,38-39,42-45,48-49,62-63H,8-9,14-21,26-37H2,1-5H3,(H,64,79)(H,65,80)(H,66,75)(H,67,76)(H,70,77)(H,71,78)/t38-,39-,44-,45-,48-,49-/m0/s1. The van der Waals surface area contributed by atoms with E-state index >= 15 is 0 Å². The van der Waals surface area contributed by atoms with Crippen molar-refractivity contribution in [1.29, 1.82) is 0 Å². The highest BCUT2D eigenvalue weighted by Gasteiger charge is 2.43. The van der Waals surface area contributed by atoms with Crippen LogP contribution in [0, 0.1) is 11.8 Å². The molecule has 21 nitrogen and oxygen atoms in total. The summed E-state index contributed by atoms with van der Waals surface area (Å²) >= 11 is 2.17. The van der Waals surface area contributed by atoms with Gasteiger partial charge in [0.05, 0.1) is 12.1 Å². The zero-order chi connectivity index (χ0) is 59.7. The molecule has 2 aliphatic carbocycles. The maximum Gasteiger partial charge on any atom is 0.280 e. The van der Waals surface area contributed by atoms with Gasteiger partial charge in [-0.25, -0.2) is 9.97 Å². The fraction of sp³-hybridized carbons (Fsp3) is 0.574. The number of anilines is 2. The van der Waals surface area contributed by atoms with Gasteiger partial charge in [-0.3, -0.25) is 38.4 Å². The van der Waals surface area contributed by atoms with Crippen LogP contribution in [-0.4, -0.2) is 169 Å². The second-order valence-electron chi connectivity index (χ2n) is 22.8. The third-order valence-corrected chi connectivity index (χ3v) is 18.9. The molecule has 8 rings (SSSR count). The van der Waals surface area contributed by atoms with E-state index < -0.39 is 36.3 Å². The Morgan fingerprint density at radius 3 is 1.30 bits per heavy atom. The van der Waals surface area contributed by atoms with E-state index in [9.17, 15) is 38.4 Å². The Morgan fingerprint density at radius 1 is 0.548 bits per heavy atom. The van der Waals surface area contributed by atoms with Crippen LogP contribution < -0.4 is 42.5 Å². The summed E-state index contributed by atoms with van der Waals surface area (Å²) in [6.45, 7) is 6.35. The highest BCUT2D eigenvalue weighted by atomic mass is 32.1. The number of likely N-dealkylation sites (N-methyl/N-ethyl adjacent to an activating group) is 2. The van der Waals surface area contributed by atoms with Gasteiger partial charge in [-0.1, -0.05) is 122 Å². The number of likely N-dealkylation sites (tertiary alicyclic amines) is 2. The summed E-state index contributed by atoms with van der Waals surface area (Å²) in [5.74, 6) is -2.49. The van der Waals surface area contributed by atoms with Crippen molar-refractivity contribution in [2.24, 2.45) is 11.8 Å². The molecule has 4 aromatic rings. The highest BCUT2D eigenvalue weighted by Crippen LogP contribution is 2.37. The molecule has 2 aromatic carbocycles. The van der Waals surface area contributed by atoms with Crippen molar-refractivity contribution in [2.45, 2.75) is 153 Å². The predicted molar refractivity (Wildman–Crippen MR) is 327 cm³/mol. The van der Waals surface area contributed by atoms with Gasteiger partial charge in [-0.15, -0.1) is 0 Å². The predicted octanol–water partition coefficient (Wildman–Crippen LogP) is 6.01. The van der Waals surface area contributed by atoms with E-state index in [1.54, 1.807) is 37.7 Å². The smallest absolute Gasteiger partial charge is 0.280 e. The van der Waals surface area contributed by atoms with Gasteiger partial charge < -0.3 is 57.2 Å². The molecule has 2 aliphatic heterocycles. The Balaban J connectivity index is 0.819. The molecule has 4 aliphatic rings. The summed E-state index contributed by atoms with van der Waals surface area (Å²) in [5.41, 5.74) is 2.36. The molecule has 8 N–H and O–H groups in total. The number of benzene rings is 2. The van der Waals surface area contributed by atoms with Crippen LogP contribution in [-0.2, 0) is 28.8 Å². The van der Waals surface area contributed by atoms with Gasteiger partial charge in [0.1, 0.15) is 45.6 Å². The lowest BCUT2D eigenvalue weighted by atomic mass is 9.83. The number of carbonyl (C=O) groups is 8. The summed E-state index contributed by atoms with van der Waals surface area (Å²) < 4.78 is 0. The minimum absolute atomic E-state index is 0.0134. The molecule has 8 amide bonds. The van der Waals surface area contributed by atoms with Crippen molar-refractivity contribution < 1.29 is 38.4 Å². The molecule has 23 heteroatoms. The van der Waals surface area contributed by atoms with Crippen molar-refractivity contribution >= 4 is 79.9 Å². The van der Waals surface area contributed by atoms with Gasteiger partial charge in [-0.05, 0) is 124 Å². The molecule has 454 valence electrons. The zero-order valence-electron chi connectivity index (χ0n) is 49.3. The molecule has 0 spiro atoms. The lowest BCUT2D eigenvalue weighted by Crippen LogP contribution is -2.57. The third kappa shape index (κ3) is 16.4. The number of carbonyl (C=O) groups excluding carboxylic acids is 8. The zero-order valence-corrected chi connectivity index (χ0v) is 50.9. The largest absolute Gasteiger partial charge is 0.350 e. The van der Waals surface area contributed by atoms with Crippen LogP contribution in [0.3, 0.4) is 0 Å². The quantitative estimate of drug-likeness (QED) is 0.0335. The number of thiazole rings is 2. The molecule has 2 saturated heterocycles. The minimum Gasteiger partial charge on any atom is -0.350 e. The van der Waals surface area contributed by atoms with Crippen molar-refractivity contribution in [3.05, 3.63) is 70.7 Å². The minimum atomic E-state index is -0.755. The fourth-order valence-corrected chi connectivity index (χ4v) is 13.6. The SMILES string of the molecule is CN[C@@H](C)C(=O)N[C@H](C(=O)N1CCC[C@H]1C(=O)Nc1sc(C(=O)NCCCN(C)CCCNC(=O)c2nc(-c3ccccc3)c(NC(=O)[C@@H]3CCCN3C(=O)[C@@H](NC(=O)[C@H](C)NC)C3CCCCC3)s2)nc1-c1ccccc1)C1CCCCC1. The van der Waals surface area contributed by atoms with Crippen LogP contribution in [0.5, 0.6) is 0 Å². The van der Waals surface area contributed by atoms with Crippen LogP contribution in [0.1, 0.15) is 136 Å². The molecule has 6 atom stereocenters. The molecular weight excluding hydrogens is 1110 g/mol. The maximum atomic E-state index is 14.3. The van der Waals surface area contributed by atoms with Crippen LogP contribution in [0.4, 0.5) is 10.0 Å². The van der Waals surface area contributed by atoms with E-state index in [2.05, 4.69) is 47.4 Å². The van der Waals surface area contributed by atoms with Gasteiger partial charge in [0, 0.05) is 37.3 Å². The fourth-order valence-electron chi connectivity index (χ4n) is 11.8. The van der Waals surface area contributed by atoms with Gasteiger partial charge in [0.2, 0.25) is 35.4 Å². The molecule has 84 heavy (non-hydrogen) atoms. The maximum absolute atomic E-state index is 14.3. The average molecular weight is 1190 g/mol. The lowest BCUT2D eigenvalue weighted by molar-refractivity contribution is -0.142. The molecule has 0 radical (unpaired) electrons. The van der Waals surface area contributed by atoms with E-state index in [4.69, 9.17) is 9.97 Å². The third-order valence-electron chi connectivity index (χ3n) is 16.9. The van der Waals surface area contributed by atoms with E-state index in [-0.39, 0.29) is 69.1 Å². The van der Waals surface area contributed by atoms with Crippen molar-refractivity contribution in [2.75, 3.05) is 71.0 Å². The summed E-state index contributed by atoms with van der Waals surface area (Å²) in [5, 5.41) is 25.2. The van der Waals surface area contributed by atoms with E-state index in [1.807, 2.05) is 67.7 Å². The molecule has 0 bridgehead atoms. The van der Waals surface area contributed by atoms with Gasteiger partial charge in [-0.2, -0.15) is 0 Å². The summed E-state index contributed by atoms with van der Waals surface area (Å²) in [6, 6.07) is 14.7. The number of hydrogen-bond donors (Lipinski definition) is 8. The van der Waals surface area contributed by atoms with E-state index in [0.29, 0.717) is 99.2 Å². The van der Waals surface area contributed by atoms with Gasteiger partial charge in [0.25, 0.3) is 11.8 Å². The Labute approximate surface area is 501 Å². The number of aromatic nitrogens is 2. The van der Waals surface area contributed by atoms with Crippen molar-refractivity contribution in [1.82, 2.24) is 56.6 Å². The number of rotatable bonds is 26. The first kappa shape index (κ1) is 63.4. The second kappa shape index (κ2) is 30.9. The molecule has 4 heterocycles. The summed E-state index contributed by atoms with van der Waals surface area (Å²) in [6.07, 6.45) is 12.9. The first-order chi connectivity index (χ1) is 40.6. The van der Waals surface area contributed by atoms with Crippen molar-refractivity contribution in [3.8, 4) is 22.5 Å². The first-order valence-electron chi connectivity index (χ1n) is 30.2. The normalized spacial score (nSPS) is 19.0. The Bertz CT molecular complexity index is 2700. The Kier molecular flexibility index (Phi) is 23.3. The highest BCUT2D eigenvalue weighted by molar-refractivity contribution is 7.18. The molecule has 0 unspecified atom stereocenters. The van der Waals surface area contributed by atoms with Crippen LogP contribution in [0.15, 0.2) is 60.7 Å². The lowest BCUT2D eigenvalue weighted by Gasteiger charge is -2.35. The molecule has 2 aromatic heterocycles. The summed E-state index contributed by atoms with van der Waals surface area (Å²) in [7, 11) is 5.38. The number of hydrogen-bond acceptors (Lipinski definition) is 15. The second-order valence-corrected chi connectivity index (χ2v) is 24.8. The van der Waals surface area contributed by atoms with Crippen molar-refractivity contribution in [3.63, 3.8) is 0 Å².